The number of nitrogens with one attached hydrogen (secondary N) is 3. The minimum Gasteiger partial charge on any atom is -0.368 e. The number of carbonyl (C=O) groups is 4. The summed E-state index contributed by atoms with van der Waals surface area (Å²) in [7, 11) is -4.46. The van der Waals surface area contributed by atoms with Gasteiger partial charge in [0.05, 0.1) is 0 Å². The highest BCUT2D eigenvalue weighted by Gasteiger charge is 2.36. The van der Waals surface area contributed by atoms with Gasteiger partial charge >= 0.3 is 0 Å². The van der Waals surface area contributed by atoms with Gasteiger partial charge in [-0.2, -0.15) is 0 Å². The number of carbonyl (C=O) groups excluding carboxylic acids is 4. The van der Waals surface area contributed by atoms with Crippen molar-refractivity contribution in [3.05, 3.63) is 114 Å². The predicted molar refractivity (Wildman–Crippen MR) is 175 cm³/mol. The second-order valence-corrected chi connectivity index (χ2v) is 13.3. The minimum absolute atomic E-state index is 0.0542. The van der Waals surface area contributed by atoms with E-state index in [9.17, 15) is 33.0 Å². The van der Waals surface area contributed by atoms with Crippen LogP contribution in [0, 0.1) is 5.82 Å². The number of halogens is 1. The minimum atomic E-state index is -4.46. The second kappa shape index (κ2) is 17.8. The van der Waals surface area contributed by atoms with Gasteiger partial charge in [-0.05, 0) is 42.2 Å². The van der Waals surface area contributed by atoms with E-state index in [4.69, 9.17) is 5.73 Å². The van der Waals surface area contributed by atoms with Gasteiger partial charge in [0.25, 0.3) is 5.91 Å². The highest BCUT2D eigenvalue weighted by Crippen LogP contribution is 2.46. The van der Waals surface area contributed by atoms with Crippen LogP contribution in [0.1, 0.15) is 54.1 Å². The van der Waals surface area contributed by atoms with E-state index in [2.05, 4.69) is 16.0 Å². The highest BCUT2D eigenvalue weighted by atomic mass is 31.2. The van der Waals surface area contributed by atoms with Gasteiger partial charge in [0.1, 0.15) is 29.8 Å². The van der Waals surface area contributed by atoms with Gasteiger partial charge in [0, 0.05) is 12.0 Å². The van der Waals surface area contributed by atoms with Crippen molar-refractivity contribution in [1.82, 2.24) is 16.0 Å². The van der Waals surface area contributed by atoms with Crippen molar-refractivity contribution in [3.63, 3.8) is 0 Å². The molecule has 0 fully saturated rings. The van der Waals surface area contributed by atoms with Gasteiger partial charge in [-0.15, -0.1) is 0 Å². The van der Waals surface area contributed by atoms with Crippen LogP contribution in [0.3, 0.4) is 0 Å². The lowest BCUT2D eigenvalue weighted by atomic mass is 10.1. The molecule has 0 saturated heterocycles. The standard InChI is InChI=1S/C34H40FN4O6P/c1-2-3-19-29(34(43)38-28(32(36)41)20-10-16-24-12-6-4-7-13-24)37-30(40)23-46(44,45)31(21-25-14-8-5-9-15-25)39-33(42)26-17-11-18-27(35)22-26/h4-18,22,28-29,31H,2-3,19-21,23H2,1H3,(H2,36,41)(H,37,40)(H,38,43)(H,39,42)(H,44,45)/b16-10+/t28-,29?,31?/m0/s1. The maximum atomic E-state index is 13.7. The fourth-order valence-corrected chi connectivity index (χ4v) is 6.19. The molecule has 10 nitrogen and oxygen atoms in total. The Balaban J connectivity index is 1.72. The fourth-order valence-electron chi connectivity index (χ4n) is 4.65. The van der Waals surface area contributed by atoms with E-state index in [1.165, 1.54) is 12.1 Å². The lowest BCUT2D eigenvalue weighted by Crippen LogP contribution is -2.53. The van der Waals surface area contributed by atoms with Crippen LogP contribution in [0.15, 0.2) is 91.0 Å². The van der Waals surface area contributed by atoms with E-state index >= 15 is 0 Å². The summed E-state index contributed by atoms with van der Waals surface area (Å²) in [6, 6.07) is 20.7. The van der Waals surface area contributed by atoms with Crippen LogP contribution in [0.2, 0.25) is 0 Å². The van der Waals surface area contributed by atoms with Gasteiger partial charge in [-0.25, -0.2) is 4.39 Å². The first kappa shape index (κ1) is 35.9. The van der Waals surface area contributed by atoms with Crippen LogP contribution >= 0.6 is 7.37 Å². The normalized spacial score (nSPS) is 14.4. The smallest absolute Gasteiger partial charge is 0.252 e. The lowest BCUT2D eigenvalue weighted by Gasteiger charge is -2.26. The molecule has 0 saturated carbocycles. The Morgan fingerprint density at radius 1 is 0.913 bits per heavy atom. The SMILES string of the molecule is CCCCC(NC(=O)CP(=O)(O)C(Cc1ccccc1)NC(=O)c1cccc(F)c1)C(=O)N[C@@H](C/C=C/c1ccccc1)C(N)=O. The summed E-state index contributed by atoms with van der Waals surface area (Å²) in [6.07, 6.45) is 4.07. The van der Waals surface area contributed by atoms with Crippen LogP contribution in [0.4, 0.5) is 4.39 Å². The Morgan fingerprint density at radius 2 is 1.59 bits per heavy atom. The number of benzene rings is 3. The number of primary amides is 1. The Bertz CT molecular complexity index is 1550. The highest BCUT2D eigenvalue weighted by molar-refractivity contribution is 7.59. The molecule has 3 aromatic carbocycles. The molecule has 0 radical (unpaired) electrons. The number of amides is 4. The average Bonchev–Trinajstić information content (AvgIpc) is 3.02. The molecule has 6 N–H and O–H groups in total. The van der Waals surface area contributed by atoms with E-state index in [0.717, 1.165) is 17.7 Å². The molecule has 0 heterocycles. The molecule has 0 aromatic heterocycles. The van der Waals surface area contributed by atoms with Gasteiger partial charge in [-0.1, -0.05) is 98.6 Å². The first-order valence-corrected chi connectivity index (χ1v) is 16.9. The molecule has 0 aliphatic carbocycles. The molecule has 244 valence electrons. The molecule has 4 atom stereocenters. The van der Waals surface area contributed by atoms with E-state index in [1.54, 1.807) is 42.5 Å². The number of rotatable bonds is 17. The third kappa shape index (κ3) is 11.7. The molecule has 0 spiro atoms. The molecule has 0 aliphatic heterocycles. The molecular formula is C34H40FN4O6P. The van der Waals surface area contributed by atoms with Crippen molar-refractivity contribution < 1.29 is 33.0 Å². The molecule has 3 aromatic rings. The van der Waals surface area contributed by atoms with E-state index in [-0.39, 0.29) is 24.8 Å². The largest absolute Gasteiger partial charge is 0.368 e. The van der Waals surface area contributed by atoms with E-state index < -0.39 is 60.8 Å². The summed E-state index contributed by atoms with van der Waals surface area (Å²) < 4.78 is 27.4. The molecular weight excluding hydrogens is 610 g/mol. The summed E-state index contributed by atoms with van der Waals surface area (Å²) in [5.41, 5.74) is 7.01. The van der Waals surface area contributed by atoms with Crippen LogP contribution in [0.5, 0.6) is 0 Å². The van der Waals surface area contributed by atoms with Crippen molar-refractivity contribution in [1.29, 1.82) is 0 Å². The molecule has 3 rings (SSSR count). The maximum absolute atomic E-state index is 13.7. The monoisotopic (exact) mass is 650 g/mol. The van der Waals surface area contributed by atoms with Crippen molar-refractivity contribution in [2.75, 3.05) is 6.16 Å². The summed E-state index contributed by atoms with van der Waals surface area (Å²) in [6.45, 7) is 1.90. The Hall–Kier alpha value is -4.60. The first-order chi connectivity index (χ1) is 22.0. The molecule has 12 heteroatoms. The number of hydrogen-bond donors (Lipinski definition) is 5. The van der Waals surface area contributed by atoms with E-state index in [0.29, 0.717) is 18.4 Å². The van der Waals surface area contributed by atoms with Crippen LogP contribution in [-0.4, -0.2) is 52.6 Å². The molecule has 0 aliphatic rings. The summed E-state index contributed by atoms with van der Waals surface area (Å²) >= 11 is 0. The zero-order chi connectivity index (χ0) is 33.5. The number of nitrogens with two attached hydrogens (primary N) is 1. The zero-order valence-electron chi connectivity index (χ0n) is 25.6. The topological polar surface area (TPSA) is 168 Å². The van der Waals surface area contributed by atoms with Crippen molar-refractivity contribution in [2.24, 2.45) is 5.73 Å². The average molecular weight is 651 g/mol. The van der Waals surface area contributed by atoms with Gasteiger partial charge in [0.2, 0.25) is 25.1 Å². The fraction of sp³-hybridized carbons (Fsp3) is 0.294. The summed E-state index contributed by atoms with van der Waals surface area (Å²) in [5, 5.41) is 7.61. The van der Waals surface area contributed by atoms with Gasteiger partial charge in [-0.3, -0.25) is 23.7 Å². The van der Waals surface area contributed by atoms with Crippen molar-refractivity contribution >= 4 is 37.1 Å². The van der Waals surface area contributed by atoms with E-state index in [1.807, 2.05) is 37.3 Å². The van der Waals surface area contributed by atoms with Gasteiger partial charge in [0.15, 0.2) is 0 Å². The lowest BCUT2D eigenvalue weighted by molar-refractivity contribution is -0.130. The third-order valence-corrected chi connectivity index (χ3v) is 9.18. The Kier molecular flexibility index (Phi) is 13.9. The third-order valence-electron chi connectivity index (χ3n) is 7.15. The predicted octanol–water partition coefficient (Wildman–Crippen LogP) is 4.14. The molecule has 4 amide bonds. The Morgan fingerprint density at radius 3 is 2.22 bits per heavy atom. The van der Waals surface area contributed by atoms with Crippen LogP contribution in [-0.2, 0) is 25.4 Å². The number of hydrogen-bond acceptors (Lipinski definition) is 5. The Labute approximate surface area is 268 Å². The summed E-state index contributed by atoms with van der Waals surface area (Å²) in [4.78, 5) is 62.6. The van der Waals surface area contributed by atoms with Crippen molar-refractivity contribution in [3.8, 4) is 0 Å². The van der Waals surface area contributed by atoms with Crippen LogP contribution in [0.25, 0.3) is 6.08 Å². The van der Waals surface area contributed by atoms with Gasteiger partial charge < -0.3 is 26.6 Å². The number of unbranched alkanes of at least 4 members (excludes halogenated alkanes) is 1. The second-order valence-electron chi connectivity index (χ2n) is 10.9. The molecule has 3 unspecified atom stereocenters. The maximum Gasteiger partial charge on any atom is 0.252 e. The van der Waals surface area contributed by atoms with Crippen LogP contribution < -0.4 is 21.7 Å². The summed E-state index contributed by atoms with van der Waals surface area (Å²) in [5.74, 6) is -5.14. The molecule has 0 bridgehead atoms. The first-order valence-electron chi connectivity index (χ1n) is 15.0. The zero-order valence-corrected chi connectivity index (χ0v) is 26.5. The quantitative estimate of drug-likeness (QED) is 0.138. The van der Waals surface area contributed by atoms with Crippen molar-refractivity contribution in [2.45, 2.75) is 56.9 Å². The molecule has 46 heavy (non-hydrogen) atoms.